The van der Waals surface area contributed by atoms with Gasteiger partial charge in [0.25, 0.3) is 0 Å². The number of rotatable bonds is 13. The Morgan fingerprint density at radius 1 is 0.957 bits per heavy atom. The molecular weight excluding hydrogens is 331 g/mol. The van der Waals surface area contributed by atoms with Gasteiger partial charge in [0.15, 0.2) is 0 Å². The Hall–Kier alpha value is 0.790. The van der Waals surface area contributed by atoms with Crippen molar-refractivity contribution in [2.24, 2.45) is 0 Å². The van der Waals surface area contributed by atoms with Gasteiger partial charge in [0.05, 0.1) is 6.61 Å². The molecule has 136 valence electrons. The van der Waals surface area contributed by atoms with Gasteiger partial charge in [0.1, 0.15) is 0 Å². The molecular formula is C15H33NaO6S. The molecule has 1 unspecified atom stereocenters. The maximum atomic E-state index is 10.2. The molecule has 0 spiro atoms. The fourth-order valence-corrected chi connectivity index (χ4v) is 2.08. The quantitative estimate of drug-likeness (QED) is 0.183. The first kappa shape index (κ1) is 28.6. The summed E-state index contributed by atoms with van der Waals surface area (Å²) in [6.07, 6.45) is 11.0. The minimum Gasteiger partial charge on any atom is -0.423 e. The van der Waals surface area contributed by atoms with E-state index in [9.17, 15) is 8.42 Å². The average Bonchev–Trinajstić information content (AvgIpc) is 2.44. The zero-order valence-electron chi connectivity index (χ0n) is 14.7. The van der Waals surface area contributed by atoms with Crippen LogP contribution >= 0.6 is 0 Å². The Morgan fingerprint density at radius 2 is 1.30 bits per heavy atom. The van der Waals surface area contributed by atoms with Crippen LogP contribution in [0.4, 0.5) is 0 Å². The van der Waals surface area contributed by atoms with Crippen LogP contribution in [0, 0.1) is 6.92 Å². The second kappa shape index (κ2) is 20.8. The zero-order chi connectivity index (χ0) is 17.3. The molecule has 0 radical (unpaired) electrons. The van der Waals surface area contributed by atoms with Gasteiger partial charge in [-0.05, 0) is 12.5 Å². The molecule has 0 aromatic heterocycles. The van der Waals surface area contributed by atoms with Gasteiger partial charge in [0, 0.05) is 6.61 Å². The molecule has 0 saturated heterocycles. The fraction of sp³-hybridized carbons (Fsp3) is 0.933. The van der Waals surface area contributed by atoms with Crippen molar-refractivity contribution < 1.29 is 56.9 Å². The summed E-state index contributed by atoms with van der Waals surface area (Å²) in [6, 6.07) is 0. The van der Waals surface area contributed by atoms with Crippen LogP contribution in [0.15, 0.2) is 0 Å². The second-order valence-corrected chi connectivity index (χ2v) is 6.36. The van der Waals surface area contributed by atoms with Crippen molar-refractivity contribution in [2.45, 2.75) is 77.2 Å². The predicted molar refractivity (Wildman–Crippen MR) is 87.8 cm³/mol. The van der Waals surface area contributed by atoms with Crippen molar-refractivity contribution in [1.29, 1.82) is 0 Å². The summed E-state index contributed by atoms with van der Waals surface area (Å²) in [5.41, 5.74) is 0. The van der Waals surface area contributed by atoms with Gasteiger partial charge < -0.3 is 17.1 Å². The summed E-state index contributed by atoms with van der Waals surface area (Å²) in [5.74, 6) is 0. The first-order chi connectivity index (χ1) is 10.3. The standard InChI is InChI=1S/C12H26O4S.C3H7O2.Na/c1-2-3-4-5-6-7-8-9-10-11-12-16-17(13,14)15;1-3(5)2-4;/h2-12H2,1H3,(H,13,14,15);3-5H,1-2H2;/q;-1;+1. The minimum absolute atomic E-state index is 0. The molecule has 0 aliphatic rings. The molecule has 0 rings (SSSR count). The van der Waals surface area contributed by atoms with Crippen molar-refractivity contribution in [2.75, 3.05) is 13.2 Å². The molecule has 3 N–H and O–H groups in total. The number of hydrogen-bond acceptors (Lipinski definition) is 5. The third kappa shape index (κ3) is 34.9. The Morgan fingerprint density at radius 3 is 1.61 bits per heavy atom. The van der Waals surface area contributed by atoms with E-state index >= 15 is 0 Å². The van der Waals surface area contributed by atoms with E-state index in [-0.39, 0.29) is 42.8 Å². The minimum atomic E-state index is -4.23. The van der Waals surface area contributed by atoms with Crippen LogP contribution < -0.4 is 29.6 Å². The fourth-order valence-electron chi connectivity index (χ4n) is 1.75. The van der Waals surface area contributed by atoms with Crippen LogP contribution in [0.25, 0.3) is 0 Å². The van der Waals surface area contributed by atoms with Crippen molar-refractivity contribution >= 4 is 10.4 Å². The van der Waals surface area contributed by atoms with Crippen LogP contribution in [0.3, 0.4) is 0 Å². The number of aliphatic hydroxyl groups excluding tert-OH is 2. The van der Waals surface area contributed by atoms with Crippen LogP contribution in [0.1, 0.15) is 71.1 Å². The monoisotopic (exact) mass is 364 g/mol. The van der Waals surface area contributed by atoms with Crippen molar-refractivity contribution in [3.8, 4) is 0 Å². The van der Waals surface area contributed by atoms with Crippen LogP contribution in [0.5, 0.6) is 0 Å². The molecule has 23 heavy (non-hydrogen) atoms. The topological polar surface area (TPSA) is 104 Å². The molecule has 0 heterocycles. The summed E-state index contributed by atoms with van der Waals surface area (Å²) >= 11 is 0. The summed E-state index contributed by atoms with van der Waals surface area (Å²) in [5, 5.41) is 15.8. The average molecular weight is 364 g/mol. The molecule has 0 aliphatic carbocycles. The van der Waals surface area contributed by atoms with Crippen molar-refractivity contribution in [1.82, 2.24) is 0 Å². The first-order valence-corrected chi connectivity index (χ1v) is 9.43. The Labute approximate surface area is 164 Å². The van der Waals surface area contributed by atoms with E-state index in [0.29, 0.717) is 6.42 Å². The van der Waals surface area contributed by atoms with Gasteiger partial charge in [-0.3, -0.25) is 4.55 Å². The molecule has 0 aliphatic heterocycles. The second-order valence-electron chi connectivity index (χ2n) is 5.27. The molecule has 0 aromatic rings. The smallest absolute Gasteiger partial charge is 0.423 e. The summed E-state index contributed by atoms with van der Waals surface area (Å²) in [4.78, 5) is 0. The van der Waals surface area contributed by atoms with Gasteiger partial charge in [-0.15, -0.1) is 0 Å². The van der Waals surface area contributed by atoms with E-state index in [0.717, 1.165) is 12.8 Å². The Balaban J connectivity index is -0.000000578. The third-order valence-corrected chi connectivity index (χ3v) is 3.41. The summed E-state index contributed by atoms with van der Waals surface area (Å²) < 4.78 is 33.0. The van der Waals surface area contributed by atoms with Crippen molar-refractivity contribution in [3.05, 3.63) is 6.92 Å². The van der Waals surface area contributed by atoms with E-state index in [2.05, 4.69) is 18.0 Å². The van der Waals surface area contributed by atoms with Crippen molar-refractivity contribution in [3.63, 3.8) is 0 Å². The zero-order valence-corrected chi connectivity index (χ0v) is 17.6. The molecule has 0 aromatic carbocycles. The molecule has 0 amide bonds. The van der Waals surface area contributed by atoms with Crippen LogP contribution in [-0.4, -0.2) is 42.5 Å². The molecule has 0 fully saturated rings. The van der Waals surface area contributed by atoms with E-state index in [4.69, 9.17) is 14.8 Å². The summed E-state index contributed by atoms with van der Waals surface area (Å²) in [7, 11) is -4.23. The molecule has 6 nitrogen and oxygen atoms in total. The van der Waals surface area contributed by atoms with E-state index in [1.54, 1.807) is 0 Å². The maximum Gasteiger partial charge on any atom is 1.00 e. The molecule has 1 atom stereocenters. The summed E-state index contributed by atoms with van der Waals surface area (Å²) in [6.45, 7) is 5.12. The normalized spacial score (nSPS) is 12.0. The molecule has 8 heteroatoms. The van der Waals surface area contributed by atoms with Gasteiger partial charge >= 0.3 is 40.0 Å². The number of aliphatic hydroxyl groups is 2. The molecule has 0 saturated carbocycles. The van der Waals surface area contributed by atoms with Gasteiger partial charge in [-0.1, -0.05) is 64.7 Å². The largest absolute Gasteiger partial charge is 1.00 e. The van der Waals surface area contributed by atoms with Gasteiger partial charge in [0.2, 0.25) is 0 Å². The van der Waals surface area contributed by atoms with Crippen LogP contribution in [0.2, 0.25) is 0 Å². The van der Waals surface area contributed by atoms with E-state index in [1.165, 1.54) is 44.9 Å². The third-order valence-electron chi connectivity index (χ3n) is 2.94. The first-order valence-electron chi connectivity index (χ1n) is 8.07. The Kier molecular flexibility index (Phi) is 25.9. The van der Waals surface area contributed by atoms with E-state index < -0.39 is 16.5 Å². The SMILES string of the molecule is CCCCCCCCCCCCOS(=O)(=O)O.[CH2-]C(O)CO.[Na+]. The number of hydrogen-bond donors (Lipinski definition) is 3. The van der Waals surface area contributed by atoms with E-state index in [1.807, 2.05) is 0 Å². The Bertz CT molecular complexity index is 309. The maximum absolute atomic E-state index is 10.2. The predicted octanol–water partition coefficient (Wildman–Crippen LogP) is -0.0956. The van der Waals surface area contributed by atoms with Crippen LogP contribution in [-0.2, 0) is 14.6 Å². The molecule has 0 bridgehead atoms. The van der Waals surface area contributed by atoms with Gasteiger partial charge in [-0.2, -0.15) is 8.42 Å². The number of unbranched alkanes of at least 4 members (excludes halogenated alkanes) is 9. The van der Waals surface area contributed by atoms with Gasteiger partial charge in [-0.25, -0.2) is 4.18 Å².